The number of hydrogen-bond acceptors (Lipinski definition) is 4. The number of oxime groups is 1. The van der Waals surface area contributed by atoms with Crippen LogP contribution in [0.2, 0.25) is 0 Å². The van der Waals surface area contributed by atoms with Gasteiger partial charge in [0.15, 0.2) is 5.84 Å². The third kappa shape index (κ3) is 3.84. The molecule has 0 bridgehead atoms. The van der Waals surface area contributed by atoms with Crippen LogP contribution in [-0.2, 0) is 6.54 Å². The molecule has 0 unspecified atom stereocenters. The molecule has 104 valence electrons. The first-order chi connectivity index (χ1) is 9.20. The van der Waals surface area contributed by atoms with E-state index in [0.29, 0.717) is 12.1 Å². The first kappa shape index (κ1) is 14.1. The molecular weight excluding hydrogens is 265 g/mol. The Morgan fingerprint density at radius 3 is 3.05 bits per heavy atom. The Hall–Kier alpha value is -1.27. The fourth-order valence-electron chi connectivity index (χ4n) is 2.18. The highest BCUT2D eigenvalue weighted by molar-refractivity contribution is 7.99. The molecule has 1 aromatic rings. The van der Waals surface area contributed by atoms with Crippen molar-refractivity contribution < 1.29 is 9.60 Å². The van der Waals surface area contributed by atoms with Gasteiger partial charge in [0.1, 0.15) is 5.82 Å². The predicted molar refractivity (Wildman–Crippen MR) is 76.1 cm³/mol. The summed E-state index contributed by atoms with van der Waals surface area (Å²) < 4.78 is 13.3. The number of rotatable bonds is 3. The fraction of sp³-hybridized carbons (Fsp3) is 0.462. The van der Waals surface area contributed by atoms with Gasteiger partial charge in [-0.2, -0.15) is 11.8 Å². The van der Waals surface area contributed by atoms with E-state index in [-0.39, 0.29) is 11.7 Å². The molecule has 1 aromatic carbocycles. The molecule has 0 aromatic heterocycles. The summed E-state index contributed by atoms with van der Waals surface area (Å²) >= 11 is 1.96. The van der Waals surface area contributed by atoms with Gasteiger partial charge in [-0.1, -0.05) is 11.2 Å². The van der Waals surface area contributed by atoms with Gasteiger partial charge < -0.3 is 10.9 Å². The summed E-state index contributed by atoms with van der Waals surface area (Å²) in [6.07, 6.45) is 1.16. The summed E-state index contributed by atoms with van der Waals surface area (Å²) in [5, 5.41) is 11.8. The Kier molecular flexibility index (Phi) is 5.04. The molecule has 4 nitrogen and oxygen atoms in total. The van der Waals surface area contributed by atoms with Crippen molar-refractivity contribution >= 4 is 17.6 Å². The average molecular weight is 283 g/mol. The van der Waals surface area contributed by atoms with E-state index < -0.39 is 0 Å². The molecule has 0 amide bonds. The molecule has 0 atom stereocenters. The third-order valence-electron chi connectivity index (χ3n) is 3.16. The zero-order valence-electron chi connectivity index (χ0n) is 10.7. The van der Waals surface area contributed by atoms with Crippen molar-refractivity contribution in [1.29, 1.82) is 0 Å². The summed E-state index contributed by atoms with van der Waals surface area (Å²) in [5.41, 5.74) is 6.97. The topological polar surface area (TPSA) is 61.9 Å². The van der Waals surface area contributed by atoms with E-state index >= 15 is 0 Å². The molecule has 19 heavy (non-hydrogen) atoms. The maximum absolute atomic E-state index is 13.3. The van der Waals surface area contributed by atoms with Crippen LogP contribution in [0.1, 0.15) is 17.5 Å². The van der Waals surface area contributed by atoms with Crippen LogP contribution in [0.25, 0.3) is 0 Å². The Balaban J connectivity index is 2.18. The minimum absolute atomic E-state index is 0.0429. The highest BCUT2D eigenvalue weighted by atomic mass is 32.2. The minimum Gasteiger partial charge on any atom is -0.409 e. The number of nitrogens with zero attached hydrogens (tertiary/aromatic N) is 2. The van der Waals surface area contributed by atoms with Crippen molar-refractivity contribution in [2.45, 2.75) is 13.0 Å². The van der Waals surface area contributed by atoms with Crippen molar-refractivity contribution in [3.63, 3.8) is 0 Å². The highest BCUT2D eigenvalue weighted by Crippen LogP contribution is 2.17. The molecule has 1 fully saturated rings. The van der Waals surface area contributed by atoms with E-state index in [1.54, 1.807) is 6.07 Å². The minimum atomic E-state index is -0.378. The molecule has 1 aliphatic rings. The standard InChI is InChI=1S/C13H18FN3OS/c14-11-3-2-10(12(8-11)13(15)16-18)9-17-4-1-6-19-7-5-17/h2-3,8,18H,1,4-7,9H2,(H2,15,16). The summed E-state index contributed by atoms with van der Waals surface area (Å²) in [6, 6.07) is 4.44. The van der Waals surface area contributed by atoms with E-state index in [0.717, 1.165) is 30.8 Å². The van der Waals surface area contributed by atoms with Crippen LogP contribution in [0.15, 0.2) is 23.4 Å². The van der Waals surface area contributed by atoms with Crippen molar-refractivity contribution in [2.24, 2.45) is 10.9 Å². The number of benzene rings is 1. The average Bonchev–Trinajstić information content (AvgIpc) is 2.68. The number of nitrogens with two attached hydrogens (primary N) is 1. The maximum Gasteiger partial charge on any atom is 0.170 e. The van der Waals surface area contributed by atoms with Crippen LogP contribution in [0.4, 0.5) is 4.39 Å². The van der Waals surface area contributed by atoms with Crippen LogP contribution in [-0.4, -0.2) is 40.5 Å². The van der Waals surface area contributed by atoms with Crippen LogP contribution in [0.3, 0.4) is 0 Å². The van der Waals surface area contributed by atoms with Crippen LogP contribution in [0.5, 0.6) is 0 Å². The van der Waals surface area contributed by atoms with E-state index in [1.165, 1.54) is 17.9 Å². The normalized spacial score (nSPS) is 18.3. The molecule has 0 radical (unpaired) electrons. The van der Waals surface area contributed by atoms with Gasteiger partial charge in [-0.15, -0.1) is 0 Å². The second-order valence-electron chi connectivity index (χ2n) is 4.53. The number of amidine groups is 1. The van der Waals surface area contributed by atoms with Crippen molar-refractivity contribution in [2.75, 3.05) is 24.6 Å². The lowest BCUT2D eigenvalue weighted by atomic mass is 10.1. The van der Waals surface area contributed by atoms with E-state index in [9.17, 15) is 4.39 Å². The SMILES string of the molecule is NC(=NO)c1cc(F)ccc1CN1CCCSCC1. The van der Waals surface area contributed by atoms with Gasteiger partial charge in [-0.05, 0) is 36.4 Å². The fourth-order valence-corrected chi connectivity index (χ4v) is 3.10. The molecule has 0 saturated carbocycles. The van der Waals surface area contributed by atoms with E-state index in [4.69, 9.17) is 10.9 Å². The van der Waals surface area contributed by atoms with E-state index in [1.807, 2.05) is 11.8 Å². The third-order valence-corrected chi connectivity index (χ3v) is 4.21. The summed E-state index contributed by atoms with van der Waals surface area (Å²) in [4.78, 5) is 2.32. The Bertz CT molecular complexity index is 459. The second kappa shape index (κ2) is 6.77. The smallest absolute Gasteiger partial charge is 0.170 e. The quantitative estimate of drug-likeness (QED) is 0.385. The van der Waals surface area contributed by atoms with Crippen LogP contribution in [0, 0.1) is 5.82 Å². The zero-order chi connectivity index (χ0) is 13.7. The van der Waals surface area contributed by atoms with Crippen LogP contribution < -0.4 is 5.73 Å². The molecule has 1 heterocycles. The van der Waals surface area contributed by atoms with Gasteiger partial charge in [-0.25, -0.2) is 4.39 Å². The van der Waals surface area contributed by atoms with Gasteiger partial charge in [0, 0.05) is 24.4 Å². The number of halogens is 1. The Labute approximate surface area is 116 Å². The van der Waals surface area contributed by atoms with Gasteiger partial charge >= 0.3 is 0 Å². The zero-order valence-corrected chi connectivity index (χ0v) is 11.5. The monoisotopic (exact) mass is 283 g/mol. The first-order valence-electron chi connectivity index (χ1n) is 6.27. The van der Waals surface area contributed by atoms with Crippen LogP contribution >= 0.6 is 11.8 Å². The molecule has 6 heteroatoms. The molecule has 1 saturated heterocycles. The van der Waals surface area contributed by atoms with Crippen molar-refractivity contribution in [3.05, 3.63) is 35.1 Å². The highest BCUT2D eigenvalue weighted by Gasteiger charge is 2.14. The molecular formula is C13H18FN3OS. The van der Waals surface area contributed by atoms with Crippen molar-refractivity contribution in [3.8, 4) is 0 Å². The van der Waals surface area contributed by atoms with Gasteiger partial charge in [0.05, 0.1) is 0 Å². The number of thioether (sulfide) groups is 1. The molecule has 2 rings (SSSR count). The largest absolute Gasteiger partial charge is 0.409 e. The lowest BCUT2D eigenvalue weighted by molar-refractivity contribution is 0.287. The number of hydrogen-bond donors (Lipinski definition) is 2. The van der Waals surface area contributed by atoms with Gasteiger partial charge in [0.2, 0.25) is 0 Å². The van der Waals surface area contributed by atoms with E-state index in [2.05, 4.69) is 10.1 Å². The summed E-state index contributed by atoms with van der Waals surface area (Å²) in [6.45, 7) is 2.74. The second-order valence-corrected chi connectivity index (χ2v) is 5.75. The Morgan fingerprint density at radius 1 is 1.42 bits per heavy atom. The van der Waals surface area contributed by atoms with Crippen molar-refractivity contribution in [1.82, 2.24) is 4.90 Å². The molecule has 0 aliphatic carbocycles. The lowest BCUT2D eigenvalue weighted by Gasteiger charge is -2.21. The first-order valence-corrected chi connectivity index (χ1v) is 7.42. The molecule has 3 N–H and O–H groups in total. The predicted octanol–water partition coefficient (Wildman–Crippen LogP) is 1.86. The Morgan fingerprint density at radius 2 is 2.26 bits per heavy atom. The molecule has 1 aliphatic heterocycles. The maximum atomic E-state index is 13.3. The lowest BCUT2D eigenvalue weighted by Crippen LogP contribution is -2.27. The molecule has 0 spiro atoms. The van der Waals surface area contributed by atoms with Gasteiger partial charge in [0.25, 0.3) is 0 Å². The summed E-state index contributed by atoms with van der Waals surface area (Å²) in [7, 11) is 0. The van der Waals surface area contributed by atoms with Gasteiger partial charge in [-0.3, -0.25) is 4.90 Å². The summed E-state index contributed by atoms with van der Waals surface area (Å²) in [5.74, 6) is 1.88.